The molecular weight excluding hydrogens is 256 g/mol. The first-order valence-electron chi connectivity index (χ1n) is 6.71. The van der Waals surface area contributed by atoms with Gasteiger partial charge in [-0.2, -0.15) is 0 Å². The lowest BCUT2D eigenvalue weighted by atomic mass is 10.1. The van der Waals surface area contributed by atoms with Gasteiger partial charge in [0.2, 0.25) is 0 Å². The summed E-state index contributed by atoms with van der Waals surface area (Å²) in [4.78, 5) is 0. The van der Waals surface area contributed by atoms with Crippen LogP contribution in [0.1, 0.15) is 19.8 Å². The number of rotatable bonds is 7. The van der Waals surface area contributed by atoms with Gasteiger partial charge in [0.1, 0.15) is 0 Å². The van der Waals surface area contributed by atoms with E-state index in [4.69, 9.17) is 16.2 Å². The van der Waals surface area contributed by atoms with Gasteiger partial charge >= 0.3 is 0 Å². The van der Waals surface area contributed by atoms with Crippen molar-refractivity contribution in [2.75, 3.05) is 24.7 Å². The molecule has 0 amide bonds. The van der Waals surface area contributed by atoms with Crippen LogP contribution in [0.5, 0.6) is 0 Å². The Kier molecular flexibility index (Phi) is 4.89. The van der Waals surface area contributed by atoms with E-state index in [1.54, 1.807) is 22.9 Å². The Balaban J connectivity index is 2.04. The van der Waals surface area contributed by atoms with Crippen LogP contribution in [-0.2, 0) is 11.3 Å². The summed E-state index contributed by atoms with van der Waals surface area (Å²) in [6.07, 6.45) is 2.19. The molecule has 7 nitrogen and oxygen atoms in total. The summed E-state index contributed by atoms with van der Waals surface area (Å²) in [5.41, 5.74) is 13.6. The Morgan fingerprint density at radius 2 is 1.90 bits per heavy atom. The first-order valence-corrected chi connectivity index (χ1v) is 6.71. The number of hydrogen-bond donors (Lipinski definition) is 2. The number of nitrogen functional groups attached to an aromatic ring is 2. The summed E-state index contributed by atoms with van der Waals surface area (Å²) in [6.45, 7) is 4.07. The van der Waals surface area contributed by atoms with Crippen molar-refractivity contribution in [2.45, 2.75) is 26.3 Å². The molecular formula is C13H20N6O. The normalized spacial score (nSPS) is 10.8. The van der Waals surface area contributed by atoms with Gasteiger partial charge in [-0.15, -0.1) is 5.10 Å². The lowest BCUT2D eigenvalue weighted by molar-refractivity contribution is 0.121. The highest BCUT2D eigenvalue weighted by Crippen LogP contribution is 2.22. The van der Waals surface area contributed by atoms with E-state index in [0.29, 0.717) is 30.4 Å². The van der Waals surface area contributed by atoms with E-state index in [9.17, 15) is 0 Å². The lowest BCUT2D eigenvalue weighted by Crippen LogP contribution is -2.10. The van der Waals surface area contributed by atoms with Crippen LogP contribution >= 0.6 is 0 Å². The number of nitrogens with two attached hydrogens (primary N) is 2. The predicted molar refractivity (Wildman–Crippen MR) is 77.8 cm³/mol. The molecule has 0 spiro atoms. The number of hydrogen-bond acceptors (Lipinski definition) is 6. The summed E-state index contributed by atoms with van der Waals surface area (Å²) >= 11 is 0. The van der Waals surface area contributed by atoms with Crippen LogP contribution in [0.4, 0.5) is 11.4 Å². The van der Waals surface area contributed by atoms with Crippen LogP contribution in [0.25, 0.3) is 11.4 Å². The third kappa shape index (κ3) is 3.67. The fourth-order valence-corrected chi connectivity index (χ4v) is 1.87. The Morgan fingerprint density at radius 1 is 1.15 bits per heavy atom. The van der Waals surface area contributed by atoms with Gasteiger partial charge in [-0.25, -0.2) is 4.68 Å². The highest BCUT2D eigenvalue weighted by molar-refractivity contribution is 5.67. The zero-order valence-corrected chi connectivity index (χ0v) is 11.6. The van der Waals surface area contributed by atoms with E-state index in [-0.39, 0.29) is 0 Å². The number of unbranched alkanes of at least 4 members (excludes halogenated alkanes) is 1. The number of aromatic nitrogens is 4. The SMILES string of the molecule is CCCCOCCn1nnnc1-c1cc(N)cc(N)c1. The monoisotopic (exact) mass is 276 g/mol. The van der Waals surface area contributed by atoms with Crippen LogP contribution in [0.3, 0.4) is 0 Å². The standard InChI is InChI=1S/C13H20N6O/c1-2-3-5-20-6-4-19-13(16-17-18-19)10-7-11(14)9-12(15)8-10/h7-9H,2-6,14-15H2,1H3. The van der Waals surface area contributed by atoms with Gasteiger partial charge in [0.05, 0.1) is 13.2 Å². The van der Waals surface area contributed by atoms with Crippen molar-refractivity contribution in [3.63, 3.8) is 0 Å². The van der Waals surface area contributed by atoms with Gasteiger partial charge in [0, 0.05) is 23.5 Å². The third-order valence-corrected chi connectivity index (χ3v) is 2.86. The van der Waals surface area contributed by atoms with Gasteiger partial charge in [0.15, 0.2) is 5.82 Å². The molecule has 0 atom stereocenters. The molecule has 0 saturated heterocycles. The molecule has 7 heteroatoms. The van der Waals surface area contributed by atoms with E-state index in [2.05, 4.69) is 22.4 Å². The van der Waals surface area contributed by atoms with Crippen LogP contribution < -0.4 is 11.5 Å². The van der Waals surface area contributed by atoms with Gasteiger partial charge < -0.3 is 16.2 Å². The fraction of sp³-hybridized carbons (Fsp3) is 0.462. The molecule has 108 valence electrons. The number of anilines is 2. The van der Waals surface area contributed by atoms with Crippen LogP contribution in [0, 0.1) is 0 Å². The maximum Gasteiger partial charge on any atom is 0.182 e. The molecule has 0 saturated carbocycles. The Labute approximate surface area is 117 Å². The van der Waals surface area contributed by atoms with E-state index >= 15 is 0 Å². The number of nitrogens with zero attached hydrogens (tertiary/aromatic N) is 4. The van der Waals surface area contributed by atoms with Crippen LogP contribution in [0.2, 0.25) is 0 Å². The Hall–Kier alpha value is -2.15. The van der Waals surface area contributed by atoms with Crippen LogP contribution in [0.15, 0.2) is 18.2 Å². The van der Waals surface area contributed by atoms with Crippen molar-refractivity contribution in [1.82, 2.24) is 20.2 Å². The molecule has 0 fully saturated rings. The average Bonchev–Trinajstić information content (AvgIpc) is 2.86. The Bertz CT molecular complexity index is 533. The van der Waals surface area contributed by atoms with Crippen molar-refractivity contribution >= 4 is 11.4 Å². The molecule has 2 aromatic rings. The molecule has 1 heterocycles. The zero-order chi connectivity index (χ0) is 14.4. The highest BCUT2D eigenvalue weighted by Gasteiger charge is 2.10. The average molecular weight is 276 g/mol. The smallest absolute Gasteiger partial charge is 0.182 e. The number of ether oxygens (including phenoxy) is 1. The van der Waals surface area contributed by atoms with E-state index in [0.717, 1.165) is 25.0 Å². The molecule has 0 bridgehead atoms. The summed E-state index contributed by atoms with van der Waals surface area (Å²) < 4.78 is 7.21. The molecule has 0 aliphatic heterocycles. The highest BCUT2D eigenvalue weighted by atomic mass is 16.5. The van der Waals surface area contributed by atoms with E-state index in [1.807, 2.05) is 0 Å². The second kappa shape index (κ2) is 6.85. The Morgan fingerprint density at radius 3 is 2.60 bits per heavy atom. The minimum absolute atomic E-state index is 0.579. The van der Waals surface area contributed by atoms with Crippen molar-refractivity contribution in [2.24, 2.45) is 0 Å². The van der Waals surface area contributed by atoms with Gasteiger partial charge in [-0.05, 0) is 35.0 Å². The summed E-state index contributed by atoms with van der Waals surface area (Å²) in [5, 5.41) is 11.7. The molecule has 2 rings (SSSR count). The predicted octanol–water partition coefficient (Wildman–Crippen LogP) is 1.32. The minimum Gasteiger partial charge on any atom is -0.399 e. The van der Waals surface area contributed by atoms with Crippen molar-refractivity contribution < 1.29 is 4.74 Å². The second-order valence-electron chi connectivity index (χ2n) is 4.58. The zero-order valence-electron chi connectivity index (χ0n) is 11.6. The van der Waals surface area contributed by atoms with Gasteiger partial charge in [-0.1, -0.05) is 13.3 Å². The van der Waals surface area contributed by atoms with E-state index in [1.165, 1.54) is 0 Å². The molecule has 0 aliphatic carbocycles. The first kappa shape index (κ1) is 14.3. The van der Waals surface area contributed by atoms with Gasteiger partial charge in [0.25, 0.3) is 0 Å². The summed E-state index contributed by atoms with van der Waals surface area (Å²) in [7, 11) is 0. The molecule has 0 unspecified atom stereocenters. The molecule has 20 heavy (non-hydrogen) atoms. The quantitative estimate of drug-likeness (QED) is 0.583. The summed E-state index contributed by atoms with van der Waals surface area (Å²) in [5.74, 6) is 0.642. The molecule has 0 radical (unpaired) electrons. The number of tetrazole rings is 1. The van der Waals surface area contributed by atoms with E-state index < -0.39 is 0 Å². The van der Waals surface area contributed by atoms with Crippen molar-refractivity contribution in [3.8, 4) is 11.4 Å². The summed E-state index contributed by atoms with van der Waals surface area (Å²) in [6, 6.07) is 5.30. The first-order chi connectivity index (χ1) is 9.70. The maximum absolute atomic E-state index is 5.79. The minimum atomic E-state index is 0.579. The van der Waals surface area contributed by atoms with Gasteiger partial charge in [-0.3, -0.25) is 0 Å². The van der Waals surface area contributed by atoms with Crippen LogP contribution in [-0.4, -0.2) is 33.4 Å². The fourth-order valence-electron chi connectivity index (χ4n) is 1.87. The topological polar surface area (TPSA) is 105 Å². The molecule has 1 aromatic carbocycles. The van der Waals surface area contributed by atoms with Crippen molar-refractivity contribution in [1.29, 1.82) is 0 Å². The second-order valence-corrected chi connectivity index (χ2v) is 4.58. The maximum atomic E-state index is 5.79. The largest absolute Gasteiger partial charge is 0.399 e. The van der Waals surface area contributed by atoms with Crippen molar-refractivity contribution in [3.05, 3.63) is 18.2 Å². The third-order valence-electron chi connectivity index (χ3n) is 2.86. The molecule has 1 aromatic heterocycles. The lowest BCUT2D eigenvalue weighted by Gasteiger charge is -2.07. The number of benzene rings is 1. The molecule has 4 N–H and O–H groups in total. The molecule has 0 aliphatic rings.